The molecule has 19 heavy (non-hydrogen) atoms. The van der Waals surface area contributed by atoms with Crippen molar-refractivity contribution < 1.29 is 18.0 Å². The molecule has 1 aliphatic carbocycles. The maximum Gasteiger partial charge on any atom is 0.405 e. The smallest absolute Gasteiger partial charge is 0.329 e. The van der Waals surface area contributed by atoms with E-state index in [0.717, 1.165) is 32.1 Å². The number of urea groups is 1. The van der Waals surface area contributed by atoms with Crippen LogP contribution in [0.3, 0.4) is 0 Å². The normalized spacial score (nSPS) is 24.1. The zero-order valence-corrected chi connectivity index (χ0v) is 11.2. The van der Waals surface area contributed by atoms with Crippen LogP contribution in [0.4, 0.5) is 18.0 Å². The number of hydrogen-bond acceptors (Lipinski definition) is 2. The number of alkyl halides is 3. The average molecular weight is 281 g/mol. The predicted molar refractivity (Wildman–Crippen MR) is 66.7 cm³/mol. The third-order valence-corrected chi connectivity index (χ3v) is 3.35. The number of carbonyl (C=O) groups is 1. The van der Waals surface area contributed by atoms with Gasteiger partial charge >= 0.3 is 12.2 Å². The second-order valence-electron chi connectivity index (χ2n) is 5.04. The van der Waals surface area contributed by atoms with Gasteiger partial charge in [-0.2, -0.15) is 13.2 Å². The molecule has 2 amide bonds. The van der Waals surface area contributed by atoms with Crippen molar-refractivity contribution in [2.45, 2.75) is 57.3 Å². The van der Waals surface area contributed by atoms with Crippen LogP contribution in [0.1, 0.15) is 39.0 Å². The lowest BCUT2D eigenvalue weighted by atomic mass is 9.91. The summed E-state index contributed by atoms with van der Waals surface area (Å²) in [7, 11) is 0. The van der Waals surface area contributed by atoms with E-state index >= 15 is 0 Å². The van der Waals surface area contributed by atoms with Gasteiger partial charge in [0.25, 0.3) is 0 Å². The maximum absolute atomic E-state index is 12.1. The molecule has 0 aromatic heterocycles. The van der Waals surface area contributed by atoms with E-state index in [1.807, 2.05) is 12.2 Å². The van der Waals surface area contributed by atoms with Crippen molar-refractivity contribution in [2.24, 2.45) is 5.73 Å². The van der Waals surface area contributed by atoms with Gasteiger partial charge in [-0.1, -0.05) is 6.92 Å². The number of carbonyl (C=O) groups excluding carboxylic acids is 1. The van der Waals surface area contributed by atoms with Gasteiger partial charge in [0.05, 0.1) is 0 Å². The summed E-state index contributed by atoms with van der Waals surface area (Å²) in [4.78, 5) is 13.4. The highest BCUT2D eigenvalue weighted by Gasteiger charge is 2.31. The molecule has 7 heteroatoms. The quantitative estimate of drug-likeness (QED) is 0.830. The molecule has 3 N–H and O–H groups in total. The molecule has 0 spiro atoms. The molecular formula is C12H22F3N3O. The molecule has 0 heterocycles. The molecular weight excluding hydrogens is 259 g/mol. The summed E-state index contributed by atoms with van der Waals surface area (Å²) in [5.41, 5.74) is 5.80. The highest BCUT2D eigenvalue weighted by molar-refractivity contribution is 5.74. The lowest BCUT2D eigenvalue weighted by Crippen LogP contribution is -2.50. The molecule has 0 atom stereocenters. The van der Waals surface area contributed by atoms with Gasteiger partial charge in [-0.15, -0.1) is 0 Å². The fourth-order valence-electron chi connectivity index (χ4n) is 2.38. The minimum atomic E-state index is -4.37. The van der Waals surface area contributed by atoms with E-state index in [1.54, 1.807) is 0 Å². The van der Waals surface area contributed by atoms with Crippen LogP contribution in [0.5, 0.6) is 0 Å². The van der Waals surface area contributed by atoms with Gasteiger partial charge < -0.3 is 16.0 Å². The van der Waals surface area contributed by atoms with Crippen LogP contribution in [-0.2, 0) is 0 Å². The second-order valence-corrected chi connectivity index (χ2v) is 5.04. The Balaban J connectivity index is 2.53. The van der Waals surface area contributed by atoms with Crippen molar-refractivity contribution in [1.82, 2.24) is 10.2 Å². The average Bonchev–Trinajstić information content (AvgIpc) is 2.33. The Morgan fingerprint density at radius 1 is 1.32 bits per heavy atom. The third-order valence-electron chi connectivity index (χ3n) is 3.35. The summed E-state index contributed by atoms with van der Waals surface area (Å²) < 4.78 is 36.3. The van der Waals surface area contributed by atoms with Crippen LogP contribution in [0.2, 0.25) is 0 Å². The summed E-state index contributed by atoms with van der Waals surface area (Å²) in [6.07, 6.45) is -0.486. The van der Waals surface area contributed by atoms with Crippen LogP contribution in [0.15, 0.2) is 0 Å². The van der Waals surface area contributed by atoms with E-state index in [4.69, 9.17) is 5.73 Å². The van der Waals surface area contributed by atoms with E-state index in [0.29, 0.717) is 6.54 Å². The van der Waals surface area contributed by atoms with Gasteiger partial charge in [0, 0.05) is 18.6 Å². The number of nitrogens with two attached hydrogens (primary N) is 1. The zero-order chi connectivity index (χ0) is 14.5. The molecule has 0 radical (unpaired) electrons. The first kappa shape index (κ1) is 16.1. The molecule has 4 nitrogen and oxygen atoms in total. The Morgan fingerprint density at radius 2 is 1.89 bits per heavy atom. The lowest BCUT2D eigenvalue weighted by molar-refractivity contribution is -0.123. The number of halogens is 3. The first-order valence-electron chi connectivity index (χ1n) is 6.70. The fraction of sp³-hybridized carbons (Fsp3) is 0.917. The number of hydrogen-bond donors (Lipinski definition) is 2. The topological polar surface area (TPSA) is 58.4 Å². The first-order valence-corrected chi connectivity index (χ1v) is 6.70. The SMILES string of the molecule is CCCN(C(=O)NCC(F)(F)F)C1CCC(N)CC1. The largest absolute Gasteiger partial charge is 0.405 e. The Morgan fingerprint density at radius 3 is 2.37 bits per heavy atom. The van der Waals surface area contributed by atoms with Crippen molar-refractivity contribution in [3.8, 4) is 0 Å². The molecule has 1 aliphatic rings. The maximum atomic E-state index is 12.1. The summed E-state index contributed by atoms with van der Waals surface area (Å²) in [5.74, 6) is 0. The Labute approximate surface area is 111 Å². The number of nitrogens with zero attached hydrogens (tertiary/aromatic N) is 1. The van der Waals surface area contributed by atoms with Crippen LogP contribution in [0, 0.1) is 0 Å². The molecule has 1 rings (SSSR count). The van der Waals surface area contributed by atoms with Gasteiger partial charge in [-0.05, 0) is 32.1 Å². The van der Waals surface area contributed by atoms with Crippen molar-refractivity contribution in [2.75, 3.05) is 13.1 Å². The molecule has 0 aliphatic heterocycles. The van der Waals surface area contributed by atoms with E-state index in [1.165, 1.54) is 4.90 Å². The Kier molecular flexibility index (Phi) is 5.90. The number of rotatable bonds is 4. The lowest BCUT2D eigenvalue weighted by Gasteiger charge is -2.36. The summed E-state index contributed by atoms with van der Waals surface area (Å²) in [6, 6.07) is -0.467. The van der Waals surface area contributed by atoms with E-state index < -0.39 is 18.8 Å². The van der Waals surface area contributed by atoms with Crippen molar-refractivity contribution in [3.05, 3.63) is 0 Å². The first-order chi connectivity index (χ1) is 8.83. The van der Waals surface area contributed by atoms with Crippen LogP contribution >= 0.6 is 0 Å². The molecule has 0 unspecified atom stereocenters. The highest BCUT2D eigenvalue weighted by Crippen LogP contribution is 2.22. The highest BCUT2D eigenvalue weighted by atomic mass is 19.4. The predicted octanol–water partition coefficient (Wildman–Crippen LogP) is 2.24. The van der Waals surface area contributed by atoms with Gasteiger partial charge in [0.15, 0.2) is 0 Å². The zero-order valence-electron chi connectivity index (χ0n) is 11.2. The minimum absolute atomic E-state index is 0.00739. The van der Waals surface area contributed by atoms with E-state index in [9.17, 15) is 18.0 Å². The standard InChI is InChI=1S/C12H22F3N3O/c1-2-7-18(10-5-3-9(16)4-6-10)11(19)17-8-12(13,14)15/h9-10H,2-8,16H2,1H3,(H,17,19). The van der Waals surface area contributed by atoms with Crippen molar-refractivity contribution >= 4 is 6.03 Å². The Hall–Kier alpha value is -0.980. The third kappa shape index (κ3) is 5.67. The fourth-order valence-corrected chi connectivity index (χ4v) is 2.38. The van der Waals surface area contributed by atoms with Gasteiger partial charge in [-0.25, -0.2) is 4.79 Å². The van der Waals surface area contributed by atoms with Gasteiger partial charge in [0.2, 0.25) is 0 Å². The minimum Gasteiger partial charge on any atom is -0.329 e. The number of amides is 2. The van der Waals surface area contributed by atoms with Crippen LogP contribution < -0.4 is 11.1 Å². The van der Waals surface area contributed by atoms with Crippen molar-refractivity contribution in [3.63, 3.8) is 0 Å². The van der Waals surface area contributed by atoms with E-state index in [2.05, 4.69) is 0 Å². The molecule has 0 aromatic rings. The Bertz CT molecular complexity index is 288. The summed E-state index contributed by atoms with van der Waals surface area (Å²) in [5, 5.41) is 1.95. The number of nitrogens with one attached hydrogen (secondary N) is 1. The summed E-state index contributed by atoms with van der Waals surface area (Å²) >= 11 is 0. The second kappa shape index (κ2) is 6.98. The molecule has 1 saturated carbocycles. The molecule has 0 saturated heterocycles. The molecule has 1 fully saturated rings. The van der Waals surface area contributed by atoms with E-state index in [-0.39, 0.29) is 12.1 Å². The van der Waals surface area contributed by atoms with Crippen LogP contribution in [0.25, 0.3) is 0 Å². The molecule has 0 bridgehead atoms. The van der Waals surface area contributed by atoms with Gasteiger partial charge in [0.1, 0.15) is 6.54 Å². The molecule has 112 valence electrons. The summed E-state index contributed by atoms with van der Waals surface area (Å²) in [6.45, 7) is 1.10. The van der Waals surface area contributed by atoms with Gasteiger partial charge in [-0.3, -0.25) is 0 Å². The van der Waals surface area contributed by atoms with Crippen LogP contribution in [-0.4, -0.2) is 42.3 Å². The monoisotopic (exact) mass is 281 g/mol. The van der Waals surface area contributed by atoms with Crippen molar-refractivity contribution in [1.29, 1.82) is 0 Å². The molecule has 0 aromatic carbocycles.